The van der Waals surface area contributed by atoms with Crippen LogP contribution in [-0.4, -0.2) is 9.97 Å². The Morgan fingerprint density at radius 1 is 1.11 bits per heavy atom. The molecule has 7 heteroatoms. The lowest BCUT2D eigenvalue weighted by Crippen LogP contribution is -2.11. The zero-order valence-corrected chi connectivity index (χ0v) is 9.69. The van der Waals surface area contributed by atoms with E-state index in [0.29, 0.717) is 0 Å². The van der Waals surface area contributed by atoms with Crippen LogP contribution < -0.4 is 10.5 Å². The Hall–Kier alpha value is -2.31. The van der Waals surface area contributed by atoms with Gasteiger partial charge in [-0.15, -0.1) is 0 Å². The second kappa shape index (κ2) is 5.13. The molecule has 2 rings (SSSR count). The molecule has 0 amide bonds. The second-order valence-corrected chi connectivity index (χ2v) is 3.72. The van der Waals surface area contributed by atoms with Gasteiger partial charge in [-0.05, 0) is 5.56 Å². The van der Waals surface area contributed by atoms with Crippen molar-refractivity contribution < 1.29 is 17.9 Å². The second-order valence-electron chi connectivity index (χ2n) is 3.72. The van der Waals surface area contributed by atoms with Gasteiger partial charge in [-0.25, -0.2) is 4.98 Å². The van der Waals surface area contributed by atoms with Gasteiger partial charge in [-0.1, -0.05) is 30.3 Å². The van der Waals surface area contributed by atoms with Crippen molar-refractivity contribution in [1.82, 2.24) is 9.97 Å². The van der Waals surface area contributed by atoms with Crippen LogP contribution in [0, 0.1) is 0 Å². The molecule has 0 spiro atoms. The van der Waals surface area contributed by atoms with Crippen molar-refractivity contribution >= 4 is 5.95 Å². The molecule has 0 radical (unpaired) electrons. The van der Waals surface area contributed by atoms with Crippen molar-refractivity contribution in [3.8, 4) is 5.88 Å². The number of hydrogen-bond acceptors (Lipinski definition) is 4. The molecular weight excluding hydrogens is 259 g/mol. The summed E-state index contributed by atoms with van der Waals surface area (Å²) in [6, 6.07) is 9.72. The number of aromatic nitrogens is 2. The molecule has 0 aliphatic heterocycles. The molecule has 0 unspecified atom stereocenters. The smallest absolute Gasteiger partial charge is 0.433 e. The van der Waals surface area contributed by atoms with E-state index in [-0.39, 0.29) is 12.5 Å². The molecule has 0 fully saturated rings. The van der Waals surface area contributed by atoms with Gasteiger partial charge in [0, 0.05) is 6.07 Å². The van der Waals surface area contributed by atoms with E-state index >= 15 is 0 Å². The first-order chi connectivity index (χ1) is 8.95. The lowest BCUT2D eigenvalue weighted by atomic mass is 10.2. The molecule has 2 aromatic rings. The maximum absolute atomic E-state index is 12.5. The van der Waals surface area contributed by atoms with Crippen LogP contribution in [0.25, 0.3) is 0 Å². The number of nitrogen functional groups attached to an aromatic ring is 1. The van der Waals surface area contributed by atoms with Gasteiger partial charge in [0.1, 0.15) is 6.61 Å². The molecule has 0 aliphatic rings. The number of benzene rings is 1. The van der Waals surface area contributed by atoms with Crippen LogP contribution in [0.3, 0.4) is 0 Å². The first kappa shape index (κ1) is 13.1. The zero-order valence-electron chi connectivity index (χ0n) is 9.69. The van der Waals surface area contributed by atoms with E-state index in [1.807, 2.05) is 6.07 Å². The van der Waals surface area contributed by atoms with Gasteiger partial charge in [0.2, 0.25) is 11.8 Å². The van der Waals surface area contributed by atoms with Gasteiger partial charge in [-0.3, -0.25) is 0 Å². The minimum Gasteiger partial charge on any atom is -0.473 e. The van der Waals surface area contributed by atoms with E-state index < -0.39 is 17.8 Å². The third-order valence-corrected chi connectivity index (χ3v) is 2.24. The number of anilines is 1. The Labute approximate surface area is 107 Å². The average Bonchev–Trinajstić information content (AvgIpc) is 2.36. The largest absolute Gasteiger partial charge is 0.473 e. The van der Waals surface area contributed by atoms with Crippen LogP contribution in [-0.2, 0) is 12.8 Å². The Morgan fingerprint density at radius 3 is 2.42 bits per heavy atom. The molecule has 2 N–H and O–H groups in total. The molecule has 0 bridgehead atoms. The Kier molecular flexibility index (Phi) is 3.55. The summed E-state index contributed by atoms with van der Waals surface area (Å²) in [4.78, 5) is 6.73. The first-order valence-corrected chi connectivity index (χ1v) is 5.33. The maximum atomic E-state index is 12.5. The van der Waals surface area contributed by atoms with Gasteiger partial charge in [0.15, 0.2) is 5.69 Å². The van der Waals surface area contributed by atoms with Crippen LogP contribution in [0.5, 0.6) is 5.88 Å². The van der Waals surface area contributed by atoms with Gasteiger partial charge >= 0.3 is 6.18 Å². The molecule has 0 aliphatic carbocycles. The zero-order chi connectivity index (χ0) is 13.9. The fraction of sp³-hybridized carbons (Fsp3) is 0.167. The Bertz CT molecular complexity index is 558. The third-order valence-electron chi connectivity index (χ3n) is 2.24. The minimum absolute atomic E-state index is 0.106. The number of rotatable bonds is 3. The number of nitrogens with two attached hydrogens (primary N) is 1. The molecule has 1 heterocycles. The summed E-state index contributed by atoms with van der Waals surface area (Å²) in [5.41, 5.74) is 4.91. The van der Waals surface area contributed by atoms with Gasteiger partial charge in [0.05, 0.1) is 0 Å². The predicted octanol–water partition coefficient (Wildman–Crippen LogP) is 2.66. The molecule has 100 valence electrons. The fourth-order valence-electron chi connectivity index (χ4n) is 1.39. The molecule has 19 heavy (non-hydrogen) atoms. The van der Waals surface area contributed by atoms with Crippen molar-refractivity contribution in [3.63, 3.8) is 0 Å². The highest BCUT2D eigenvalue weighted by Gasteiger charge is 2.33. The maximum Gasteiger partial charge on any atom is 0.433 e. The lowest BCUT2D eigenvalue weighted by molar-refractivity contribution is -0.141. The summed E-state index contributed by atoms with van der Waals surface area (Å²) in [6.07, 6.45) is -4.58. The SMILES string of the molecule is Nc1nc(OCc2ccccc2)cc(C(F)(F)F)n1. The van der Waals surface area contributed by atoms with E-state index in [2.05, 4.69) is 9.97 Å². The number of alkyl halides is 3. The Balaban J connectivity index is 2.15. The molecule has 1 aromatic heterocycles. The summed E-state index contributed by atoms with van der Waals surface area (Å²) in [6.45, 7) is 0.106. The fourth-order valence-corrected chi connectivity index (χ4v) is 1.39. The number of nitrogens with zero attached hydrogens (tertiary/aromatic N) is 2. The summed E-state index contributed by atoms with van der Waals surface area (Å²) in [5.74, 6) is -0.679. The summed E-state index contributed by atoms with van der Waals surface area (Å²) in [5, 5.41) is 0. The van der Waals surface area contributed by atoms with Crippen molar-refractivity contribution in [2.75, 3.05) is 5.73 Å². The molecule has 4 nitrogen and oxygen atoms in total. The number of halogens is 3. The summed E-state index contributed by atoms with van der Waals surface area (Å²) in [7, 11) is 0. The van der Waals surface area contributed by atoms with Crippen molar-refractivity contribution in [2.45, 2.75) is 12.8 Å². The third kappa shape index (κ3) is 3.57. The lowest BCUT2D eigenvalue weighted by Gasteiger charge is -2.09. The molecule has 1 aromatic carbocycles. The minimum atomic E-state index is -4.58. The highest BCUT2D eigenvalue weighted by molar-refractivity contribution is 5.27. The standard InChI is InChI=1S/C12H10F3N3O/c13-12(14,15)9-6-10(18-11(16)17-9)19-7-8-4-2-1-3-5-8/h1-6H,7H2,(H2,16,17,18). The summed E-state index contributed by atoms with van der Waals surface area (Å²) >= 11 is 0. The van der Waals surface area contributed by atoms with E-state index in [1.165, 1.54) is 0 Å². The van der Waals surface area contributed by atoms with E-state index in [1.54, 1.807) is 24.3 Å². The van der Waals surface area contributed by atoms with E-state index in [9.17, 15) is 13.2 Å². The van der Waals surface area contributed by atoms with Crippen molar-refractivity contribution in [2.24, 2.45) is 0 Å². The van der Waals surface area contributed by atoms with E-state index in [4.69, 9.17) is 10.5 Å². The quantitative estimate of drug-likeness (QED) is 0.930. The monoisotopic (exact) mass is 269 g/mol. The van der Waals surface area contributed by atoms with Crippen LogP contribution >= 0.6 is 0 Å². The van der Waals surface area contributed by atoms with Crippen molar-refractivity contribution in [1.29, 1.82) is 0 Å². The molecule has 0 saturated carbocycles. The summed E-state index contributed by atoms with van der Waals surface area (Å²) < 4.78 is 42.7. The molecule has 0 saturated heterocycles. The molecular formula is C12H10F3N3O. The first-order valence-electron chi connectivity index (χ1n) is 5.33. The van der Waals surface area contributed by atoms with Gasteiger partial charge in [-0.2, -0.15) is 18.2 Å². The normalized spacial score (nSPS) is 11.3. The van der Waals surface area contributed by atoms with Crippen molar-refractivity contribution in [3.05, 3.63) is 47.7 Å². The number of hydrogen-bond donors (Lipinski definition) is 1. The van der Waals surface area contributed by atoms with Crippen LogP contribution in [0.15, 0.2) is 36.4 Å². The van der Waals surface area contributed by atoms with Gasteiger partial charge in [0.25, 0.3) is 0 Å². The van der Waals surface area contributed by atoms with Crippen LogP contribution in [0.2, 0.25) is 0 Å². The number of ether oxygens (including phenoxy) is 1. The van der Waals surface area contributed by atoms with Crippen LogP contribution in [0.1, 0.15) is 11.3 Å². The Morgan fingerprint density at radius 2 is 1.79 bits per heavy atom. The predicted molar refractivity (Wildman–Crippen MR) is 62.2 cm³/mol. The topological polar surface area (TPSA) is 61.0 Å². The molecule has 0 atom stereocenters. The highest BCUT2D eigenvalue weighted by atomic mass is 19.4. The highest BCUT2D eigenvalue weighted by Crippen LogP contribution is 2.29. The van der Waals surface area contributed by atoms with Gasteiger partial charge < -0.3 is 10.5 Å². The van der Waals surface area contributed by atoms with E-state index in [0.717, 1.165) is 11.6 Å². The average molecular weight is 269 g/mol. The van der Waals surface area contributed by atoms with Crippen LogP contribution in [0.4, 0.5) is 19.1 Å².